The number of amides is 3. The molecule has 36 heavy (non-hydrogen) atoms. The number of ether oxygens (including phenoxy) is 1. The molecule has 1 aromatic carbocycles. The Morgan fingerprint density at radius 3 is 2.61 bits per heavy atom. The molecular weight excluding hydrogens is 689 g/mol. The van der Waals surface area contributed by atoms with E-state index in [4.69, 9.17) is 11.6 Å². The minimum Gasteiger partial charge on any atom is -0.452 e. The van der Waals surface area contributed by atoms with Crippen molar-refractivity contribution in [2.24, 2.45) is 0 Å². The van der Waals surface area contributed by atoms with Gasteiger partial charge >= 0.3 is 6.09 Å². The number of rotatable bonds is 5. The fraction of sp³-hybridized carbons (Fsp3) is 0.143. The Bertz CT molecular complexity index is 1390. The summed E-state index contributed by atoms with van der Waals surface area (Å²) in [6, 6.07) is 9.60. The van der Waals surface area contributed by atoms with Gasteiger partial charge in [-0.25, -0.2) is 24.5 Å². The number of hydrazine groups is 1. The highest BCUT2D eigenvalue weighted by molar-refractivity contribution is 9.11. The maximum Gasteiger partial charge on any atom is 0.428 e. The lowest BCUT2D eigenvalue weighted by Gasteiger charge is -2.29. The lowest BCUT2D eigenvalue weighted by Crippen LogP contribution is -2.47. The molecule has 0 atom stereocenters. The van der Waals surface area contributed by atoms with Crippen LogP contribution >= 0.6 is 59.4 Å². The van der Waals surface area contributed by atoms with E-state index in [1.165, 1.54) is 30.1 Å². The second-order valence-electron chi connectivity index (χ2n) is 6.85. The summed E-state index contributed by atoms with van der Waals surface area (Å²) in [6.07, 6.45) is 0.640. The molecule has 3 rings (SSSR count). The lowest BCUT2D eigenvalue weighted by molar-refractivity contribution is 0.0129. The summed E-state index contributed by atoms with van der Waals surface area (Å²) in [7, 11) is 2.42. The number of hydrogen-bond acceptors (Lipinski definition) is 7. The number of nitrogens with one attached hydrogen (secondary N) is 1. The van der Waals surface area contributed by atoms with Crippen LogP contribution < -0.4 is 5.32 Å². The van der Waals surface area contributed by atoms with Crippen LogP contribution in [0.25, 0.3) is 5.82 Å². The molecule has 0 aliphatic heterocycles. The van der Waals surface area contributed by atoms with E-state index in [-0.39, 0.29) is 27.8 Å². The van der Waals surface area contributed by atoms with Crippen molar-refractivity contribution < 1.29 is 19.1 Å². The van der Waals surface area contributed by atoms with Gasteiger partial charge in [-0.1, -0.05) is 27.5 Å². The third kappa shape index (κ3) is 5.86. The molecule has 0 bridgehead atoms. The van der Waals surface area contributed by atoms with Gasteiger partial charge in [0.15, 0.2) is 5.82 Å². The van der Waals surface area contributed by atoms with E-state index in [0.717, 1.165) is 17.1 Å². The molecule has 3 amide bonds. The van der Waals surface area contributed by atoms with Crippen LogP contribution in [0.2, 0.25) is 5.02 Å². The number of hydrogen-bond donors (Lipinski definition) is 1. The standard InChI is InChI=1S/C21H15Br3ClN7O4/c1-30(21(35)36-2)31(7-5-26)20(34)12-8-11(22)9-13(23)17(12)28-19(33)15-10-16(24)29-32(15)18-14(25)4-3-6-27-18/h3-4,6,8-10H,7H2,1-2H3,(H,28,33). The molecule has 186 valence electrons. The first-order chi connectivity index (χ1) is 17.1. The molecule has 11 nitrogen and oxygen atoms in total. The van der Waals surface area contributed by atoms with Crippen molar-refractivity contribution in [1.82, 2.24) is 24.8 Å². The molecule has 0 saturated carbocycles. The summed E-state index contributed by atoms with van der Waals surface area (Å²) in [6.45, 7) is -0.458. The Hall–Kier alpha value is -2.99. The fourth-order valence-corrected chi connectivity index (χ4v) is 4.91. The van der Waals surface area contributed by atoms with Crippen molar-refractivity contribution in [3.63, 3.8) is 0 Å². The van der Waals surface area contributed by atoms with Crippen LogP contribution in [0.15, 0.2) is 50.1 Å². The molecule has 0 saturated heterocycles. The highest BCUT2D eigenvalue weighted by atomic mass is 79.9. The lowest BCUT2D eigenvalue weighted by atomic mass is 10.1. The molecule has 0 fully saturated rings. The van der Waals surface area contributed by atoms with E-state index in [9.17, 15) is 19.6 Å². The Balaban J connectivity index is 2.06. The largest absolute Gasteiger partial charge is 0.452 e. The minimum atomic E-state index is -0.862. The van der Waals surface area contributed by atoms with Crippen molar-refractivity contribution in [1.29, 1.82) is 5.26 Å². The van der Waals surface area contributed by atoms with Gasteiger partial charge in [0.05, 0.1) is 29.5 Å². The van der Waals surface area contributed by atoms with Gasteiger partial charge in [0.1, 0.15) is 16.8 Å². The topological polar surface area (TPSA) is 133 Å². The highest BCUT2D eigenvalue weighted by Crippen LogP contribution is 2.33. The zero-order chi connectivity index (χ0) is 26.6. The van der Waals surface area contributed by atoms with Crippen molar-refractivity contribution in [3.05, 3.63) is 66.4 Å². The molecule has 0 unspecified atom stereocenters. The predicted octanol–water partition coefficient (Wildman–Crippen LogP) is 5.04. The summed E-state index contributed by atoms with van der Waals surface area (Å²) in [5, 5.41) is 18.2. The monoisotopic (exact) mass is 701 g/mol. The number of anilines is 1. The fourth-order valence-electron chi connectivity index (χ4n) is 3.01. The van der Waals surface area contributed by atoms with Gasteiger partial charge in [-0.15, -0.1) is 0 Å². The van der Waals surface area contributed by atoms with E-state index in [1.807, 2.05) is 6.07 Å². The van der Waals surface area contributed by atoms with Crippen LogP contribution in [0, 0.1) is 11.3 Å². The van der Waals surface area contributed by atoms with Gasteiger partial charge in [-0.05, 0) is 56.1 Å². The summed E-state index contributed by atoms with van der Waals surface area (Å²) < 4.78 is 7.11. The quantitative estimate of drug-likeness (QED) is 0.291. The number of halogens is 4. The van der Waals surface area contributed by atoms with Gasteiger partial charge in [-0.2, -0.15) is 10.4 Å². The van der Waals surface area contributed by atoms with Gasteiger partial charge in [0.2, 0.25) is 0 Å². The van der Waals surface area contributed by atoms with Crippen LogP contribution in [0.1, 0.15) is 20.8 Å². The second-order valence-corrected chi connectivity index (χ2v) is 9.84. The number of carbonyl (C=O) groups is 3. The number of benzene rings is 1. The van der Waals surface area contributed by atoms with Crippen molar-refractivity contribution >= 4 is 83.0 Å². The van der Waals surface area contributed by atoms with Crippen LogP contribution in [0.3, 0.4) is 0 Å². The molecule has 15 heteroatoms. The first-order valence-electron chi connectivity index (χ1n) is 9.76. The van der Waals surface area contributed by atoms with Crippen LogP contribution in [-0.2, 0) is 4.74 Å². The molecule has 2 aromatic heterocycles. The average molecular weight is 705 g/mol. The summed E-state index contributed by atoms with van der Waals surface area (Å²) in [4.78, 5) is 43.0. The maximum atomic E-state index is 13.5. The number of carbonyl (C=O) groups excluding carboxylic acids is 3. The van der Waals surface area contributed by atoms with Gasteiger partial charge < -0.3 is 10.1 Å². The molecular formula is C21H15Br3ClN7O4. The van der Waals surface area contributed by atoms with Crippen molar-refractivity contribution in [2.75, 3.05) is 26.0 Å². The normalized spacial score (nSPS) is 10.4. The van der Waals surface area contributed by atoms with Gasteiger partial charge in [0, 0.05) is 28.3 Å². The zero-order valence-corrected chi connectivity index (χ0v) is 24.0. The summed E-state index contributed by atoms with van der Waals surface area (Å²) in [5.74, 6) is -1.16. The predicted molar refractivity (Wildman–Crippen MR) is 141 cm³/mol. The van der Waals surface area contributed by atoms with Crippen LogP contribution in [-0.4, -0.2) is 63.4 Å². The van der Waals surface area contributed by atoms with Crippen LogP contribution in [0.4, 0.5) is 10.5 Å². The minimum absolute atomic E-state index is 0.0170. The molecule has 0 radical (unpaired) electrons. The third-order valence-corrected chi connectivity index (χ3v) is 6.40. The molecule has 2 heterocycles. The van der Waals surface area contributed by atoms with E-state index in [1.54, 1.807) is 18.2 Å². The Kier molecular flexibility index (Phi) is 9.07. The molecule has 0 aliphatic rings. The number of aromatic nitrogens is 3. The Morgan fingerprint density at radius 2 is 1.97 bits per heavy atom. The Labute approximate surface area is 235 Å². The highest BCUT2D eigenvalue weighted by Gasteiger charge is 2.29. The van der Waals surface area contributed by atoms with E-state index in [2.05, 4.69) is 67.9 Å². The van der Waals surface area contributed by atoms with Gasteiger partial charge in [-0.3, -0.25) is 9.59 Å². The molecule has 3 aromatic rings. The van der Waals surface area contributed by atoms with Crippen molar-refractivity contribution in [2.45, 2.75) is 0 Å². The first kappa shape index (κ1) is 27.6. The summed E-state index contributed by atoms with van der Waals surface area (Å²) in [5.41, 5.74) is 0.137. The summed E-state index contributed by atoms with van der Waals surface area (Å²) >= 11 is 16.2. The van der Waals surface area contributed by atoms with Crippen molar-refractivity contribution in [3.8, 4) is 11.9 Å². The van der Waals surface area contributed by atoms with E-state index < -0.39 is 24.5 Å². The second kappa shape index (κ2) is 11.8. The Morgan fingerprint density at radius 1 is 1.25 bits per heavy atom. The van der Waals surface area contributed by atoms with Crippen LogP contribution in [0.5, 0.6) is 0 Å². The SMILES string of the molecule is COC(=O)N(C)N(CC#N)C(=O)c1cc(Br)cc(Br)c1NC(=O)c1cc(Br)nn1-c1ncccc1Cl. The molecule has 1 N–H and O–H groups in total. The number of pyridine rings is 1. The number of nitrogens with zero attached hydrogens (tertiary/aromatic N) is 6. The van der Waals surface area contributed by atoms with Gasteiger partial charge in [0.25, 0.3) is 11.8 Å². The first-order valence-corrected chi connectivity index (χ1v) is 12.5. The average Bonchev–Trinajstić information content (AvgIpc) is 3.24. The maximum absolute atomic E-state index is 13.5. The number of methoxy groups -OCH3 is 1. The van der Waals surface area contributed by atoms with E-state index in [0.29, 0.717) is 13.5 Å². The molecule has 0 aliphatic carbocycles. The smallest absolute Gasteiger partial charge is 0.428 e. The zero-order valence-electron chi connectivity index (χ0n) is 18.5. The number of nitriles is 1. The molecule has 0 spiro atoms. The van der Waals surface area contributed by atoms with E-state index >= 15 is 0 Å². The third-order valence-electron chi connectivity index (χ3n) is 4.63.